The van der Waals surface area contributed by atoms with Gasteiger partial charge in [0.1, 0.15) is 6.10 Å². The summed E-state index contributed by atoms with van der Waals surface area (Å²) in [4.78, 5) is 11.9. The Bertz CT molecular complexity index is 252. The lowest BCUT2D eigenvalue weighted by molar-refractivity contribution is -0.167. The maximum Gasteiger partial charge on any atom is 0.335 e. The van der Waals surface area contributed by atoms with Crippen LogP contribution in [0.3, 0.4) is 0 Å². The first-order chi connectivity index (χ1) is 8.75. The van der Waals surface area contributed by atoms with E-state index in [2.05, 4.69) is 0 Å². The molecular formula is C15H26O3. The average molecular weight is 254 g/mol. The summed E-state index contributed by atoms with van der Waals surface area (Å²) in [6.45, 7) is 1.83. The summed E-state index contributed by atoms with van der Waals surface area (Å²) in [7, 11) is 0. The van der Waals surface area contributed by atoms with Crippen LogP contribution in [0.1, 0.15) is 71.1 Å². The van der Waals surface area contributed by atoms with Crippen LogP contribution in [-0.4, -0.2) is 24.3 Å². The summed E-state index contributed by atoms with van der Waals surface area (Å²) >= 11 is 0. The molecule has 2 rings (SSSR count). The van der Waals surface area contributed by atoms with Crippen molar-refractivity contribution >= 4 is 5.97 Å². The van der Waals surface area contributed by atoms with Crippen LogP contribution in [0.15, 0.2) is 0 Å². The molecule has 0 saturated heterocycles. The molecule has 0 aromatic heterocycles. The normalized spacial score (nSPS) is 24.7. The van der Waals surface area contributed by atoms with Crippen LogP contribution in [0.4, 0.5) is 0 Å². The maximum absolute atomic E-state index is 11.9. The highest BCUT2D eigenvalue weighted by Crippen LogP contribution is 2.23. The van der Waals surface area contributed by atoms with E-state index >= 15 is 0 Å². The van der Waals surface area contributed by atoms with Crippen LogP contribution in [-0.2, 0) is 14.3 Å². The van der Waals surface area contributed by atoms with Crippen molar-refractivity contribution in [2.45, 2.75) is 89.4 Å². The highest BCUT2D eigenvalue weighted by Gasteiger charge is 2.25. The van der Waals surface area contributed by atoms with Gasteiger partial charge in [-0.3, -0.25) is 0 Å². The maximum atomic E-state index is 11.9. The van der Waals surface area contributed by atoms with Gasteiger partial charge >= 0.3 is 5.97 Å². The van der Waals surface area contributed by atoms with E-state index in [1.54, 1.807) is 0 Å². The van der Waals surface area contributed by atoms with Gasteiger partial charge in [-0.2, -0.15) is 0 Å². The lowest BCUT2D eigenvalue weighted by atomic mass is 9.97. The smallest absolute Gasteiger partial charge is 0.335 e. The molecule has 104 valence electrons. The van der Waals surface area contributed by atoms with Gasteiger partial charge in [-0.1, -0.05) is 25.7 Å². The van der Waals surface area contributed by atoms with Gasteiger partial charge in [-0.25, -0.2) is 4.79 Å². The zero-order valence-corrected chi connectivity index (χ0v) is 11.5. The molecule has 2 aliphatic carbocycles. The quantitative estimate of drug-likeness (QED) is 0.719. The fourth-order valence-corrected chi connectivity index (χ4v) is 2.99. The van der Waals surface area contributed by atoms with Crippen molar-refractivity contribution in [1.82, 2.24) is 0 Å². The van der Waals surface area contributed by atoms with Gasteiger partial charge in [0, 0.05) is 0 Å². The van der Waals surface area contributed by atoms with Crippen molar-refractivity contribution < 1.29 is 14.3 Å². The molecular weight excluding hydrogens is 228 g/mol. The van der Waals surface area contributed by atoms with Crippen molar-refractivity contribution in [1.29, 1.82) is 0 Å². The van der Waals surface area contributed by atoms with Gasteiger partial charge in [0.25, 0.3) is 0 Å². The molecule has 1 atom stereocenters. The Morgan fingerprint density at radius 3 is 1.94 bits per heavy atom. The molecule has 1 unspecified atom stereocenters. The van der Waals surface area contributed by atoms with Crippen molar-refractivity contribution in [2.24, 2.45) is 0 Å². The van der Waals surface area contributed by atoms with Crippen LogP contribution in [0.2, 0.25) is 0 Å². The fourth-order valence-electron chi connectivity index (χ4n) is 2.99. The van der Waals surface area contributed by atoms with Gasteiger partial charge < -0.3 is 9.47 Å². The molecule has 2 aliphatic rings. The predicted octanol–water partition coefficient (Wildman–Crippen LogP) is 3.60. The van der Waals surface area contributed by atoms with E-state index in [4.69, 9.17) is 9.47 Å². The summed E-state index contributed by atoms with van der Waals surface area (Å²) in [6, 6.07) is 0. The summed E-state index contributed by atoms with van der Waals surface area (Å²) in [5.74, 6) is -0.160. The molecule has 0 N–H and O–H groups in total. The molecule has 0 amide bonds. The largest absolute Gasteiger partial charge is 0.460 e. The van der Waals surface area contributed by atoms with Gasteiger partial charge in [0.05, 0.1) is 6.10 Å². The minimum absolute atomic E-state index is 0.142. The van der Waals surface area contributed by atoms with Crippen molar-refractivity contribution in [3.63, 3.8) is 0 Å². The lowest BCUT2D eigenvalue weighted by Crippen LogP contribution is -2.32. The number of ether oxygens (including phenoxy) is 2. The monoisotopic (exact) mass is 254 g/mol. The van der Waals surface area contributed by atoms with E-state index in [-0.39, 0.29) is 18.2 Å². The Morgan fingerprint density at radius 1 is 0.889 bits per heavy atom. The second kappa shape index (κ2) is 7.13. The number of hydrogen-bond donors (Lipinski definition) is 0. The molecule has 0 spiro atoms. The van der Waals surface area contributed by atoms with Crippen molar-refractivity contribution in [3.8, 4) is 0 Å². The molecule has 2 fully saturated rings. The van der Waals surface area contributed by atoms with E-state index in [0.29, 0.717) is 0 Å². The zero-order valence-electron chi connectivity index (χ0n) is 11.5. The van der Waals surface area contributed by atoms with E-state index < -0.39 is 6.10 Å². The van der Waals surface area contributed by atoms with Gasteiger partial charge in [0.15, 0.2) is 6.10 Å². The summed E-state index contributed by atoms with van der Waals surface area (Å²) in [5.41, 5.74) is 0. The number of carbonyl (C=O) groups is 1. The van der Waals surface area contributed by atoms with E-state index in [1.807, 2.05) is 6.92 Å². The van der Waals surface area contributed by atoms with E-state index in [1.165, 1.54) is 38.5 Å². The van der Waals surface area contributed by atoms with E-state index in [0.717, 1.165) is 25.7 Å². The minimum Gasteiger partial charge on any atom is -0.460 e. The Morgan fingerprint density at radius 2 is 1.39 bits per heavy atom. The van der Waals surface area contributed by atoms with Crippen molar-refractivity contribution in [3.05, 3.63) is 0 Å². The topological polar surface area (TPSA) is 35.5 Å². The third kappa shape index (κ3) is 4.27. The Hall–Kier alpha value is -0.570. The Labute approximate surface area is 110 Å². The fraction of sp³-hybridized carbons (Fsp3) is 0.933. The second-order valence-electron chi connectivity index (χ2n) is 5.74. The van der Waals surface area contributed by atoms with Crippen LogP contribution >= 0.6 is 0 Å². The third-order valence-electron chi connectivity index (χ3n) is 4.12. The van der Waals surface area contributed by atoms with Gasteiger partial charge in [0.2, 0.25) is 0 Å². The summed E-state index contributed by atoms with van der Waals surface area (Å²) < 4.78 is 11.4. The van der Waals surface area contributed by atoms with Crippen LogP contribution in [0.5, 0.6) is 0 Å². The van der Waals surface area contributed by atoms with Crippen LogP contribution < -0.4 is 0 Å². The molecule has 0 aliphatic heterocycles. The zero-order chi connectivity index (χ0) is 12.8. The molecule has 0 aromatic rings. The number of carbonyl (C=O) groups excluding carboxylic acids is 1. The molecule has 3 heteroatoms. The molecule has 0 aromatic carbocycles. The molecule has 0 bridgehead atoms. The highest BCUT2D eigenvalue weighted by molar-refractivity contribution is 5.74. The average Bonchev–Trinajstić information content (AvgIpc) is 2.41. The summed E-state index contributed by atoms with van der Waals surface area (Å²) in [5, 5.41) is 0. The molecule has 2 saturated carbocycles. The first kappa shape index (κ1) is 13.9. The molecule has 18 heavy (non-hydrogen) atoms. The standard InChI is InChI=1S/C15H26O3/c1-12(17-13-8-4-2-5-9-13)15(16)18-14-10-6-3-7-11-14/h12-14H,2-11H2,1H3. The Balaban J connectivity index is 1.69. The molecule has 3 nitrogen and oxygen atoms in total. The molecule has 0 radical (unpaired) electrons. The number of rotatable bonds is 4. The Kier molecular flexibility index (Phi) is 5.48. The summed E-state index contributed by atoms with van der Waals surface area (Å²) in [6.07, 6.45) is 11.7. The number of hydrogen-bond acceptors (Lipinski definition) is 3. The number of esters is 1. The molecule has 0 heterocycles. The van der Waals surface area contributed by atoms with Gasteiger partial charge in [-0.15, -0.1) is 0 Å². The third-order valence-corrected chi connectivity index (χ3v) is 4.12. The highest BCUT2D eigenvalue weighted by atomic mass is 16.6. The van der Waals surface area contributed by atoms with Crippen molar-refractivity contribution in [2.75, 3.05) is 0 Å². The van der Waals surface area contributed by atoms with Gasteiger partial charge in [-0.05, 0) is 45.4 Å². The second-order valence-corrected chi connectivity index (χ2v) is 5.74. The van der Waals surface area contributed by atoms with Crippen LogP contribution in [0.25, 0.3) is 0 Å². The first-order valence-corrected chi connectivity index (χ1v) is 7.61. The first-order valence-electron chi connectivity index (χ1n) is 7.61. The predicted molar refractivity (Wildman–Crippen MR) is 70.4 cm³/mol. The minimum atomic E-state index is -0.393. The van der Waals surface area contributed by atoms with E-state index in [9.17, 15) is 4.79 Å². The lowest BCUT2D eigenvalue weighted by Gasteiger charge is -2.27. The SMILES string of the molecule is CC(OC1CCCCC1)C(=O)OC1CCCCC1. The van der Waals surface area contributed by atoms with Crippen LogP contribution in [0, 0.1) is 0 Å².